The molecule has 0 saturated carbocycles. The fraction of sp³-hybridized carbons (Fsp3) is 0.429. The molecule has 0 aliphatic carbocycles. The molecule has 0 amide bonds. The largest absolute Gasteiger partial charge is 0.357 e. The first kappa shape index (κ1) is 22.7. The second-order valence-electron chi connectivity index (χ2n) is 7.10. The molecule has 2 heterocycles. The number of anilines is 1. The summed E-state index contributed by atoms with van der Waals surface area (Å²) in [6, 6.07) is 12.1. The highest BCUT2D eigenvalue weighted by Gasteiger charge is 2.16. The van der Waals surface area contributed by atoms with E-state index in [4.69, 9.17) is 11.6 Å². The molecular formula is C21H29ClIN5. The molecule has 2 N–H and O–H groups in total. The van der Waals surface area contributed by atoms with Crippen LogP contribution in [0.1, 0.15) is 30.9 Å². The number of guanidine groups is 1. The van der Waals surface area contributed by atoms with E-state index in [0.717, 1.165) is 46.9 Å². The van der Waals surface area contributed by atoms with Gasteiger partial charge in [0.05, 0.1) is 0 Å². The van der Waals surface area contributed by atoms with Gasteiger partial charge >= 0.3 is 0 Å². The van der Waals surface area contributed by atoms with E-state index in [1.165, 1.54) is 12.8 Å². The summed E-state index contributed by atoms with van der Waals surface area (Å²) in [5.74, 6) is 2.67. The van der Waals surface area contributed by atoms with Crippen LogP contribution in [0, 0.1) is 5.92 Å². The Hall–Kier alpha value is -1.54. The maximum Gasteiger partial charge on any atom is 0.191 e. The van der Waals surface area contributed by atoms with Crippen molar-refractivity contribution in [3.05, 3.63) is 58.7 Å². The zero-order chi connectivity index (χ0) is 19.1. The van der Waals surface area contributed by atoms with Crippen LogP contribution in [0.5, 0.6) is 0 Å². The monoisotopic (exact) mass is 513 g/mol. The minimum absolute atomic E-state index is 0. The number of pyridine rings is 1. The molecule has 0 unspecified atom stereocenters. The zero-order valence-corrected chi connectivity index (χ0v) is 19.6. The van der Waals surface area contributed by atoms with Crippen molar-refractivity contribution in [1.82, 2.24) is 15.6 Å². The minimum atomic E-state index is 0. The van der Waals surface area contributed by atoms with Gasteiger partial charge in [-0.3, -0.25) is 4.99 Å². The third-order valence-electron chi connectivity index (χ3n) is 4.97. The van der Waals surface area contributed by atoms with E-state index in [0.29, 0.717) is 13.1 Å². The summed E-state index contributed by atoms with van der Waals surface area (Å²) in [6.45, 7) is 5.92. The molecule has 1 aliphatic heterocycles. The fourth-order valence-electron chi connectivity index (χ4n) is 3.14. The Bertz CT molecular complexity index is 740. The molecular weight excluding hydrogens is 485 g/mol. The summed E-state index contributed by atoms with van der Waals surface area (Å²) in [6.07, 6.45) is 4.45. The molecule has 3 rings (SSSR count). The van der Waals surface area contributed by atoms with Crippen LogP contribution in [0.15, 0.2) is 47.6 Å². The molecule has 0 atom stereocenters. The summed E-state index contributed by atoms with van der Waals surface area (Å²) in [4.78, 5) is 11.3. The van der Waals surface area contributed by atoms with Gasteiger partial charge in [0, 0.05) is 44.4 Å². The highest BCUT2D eigenvalue weighted by Crippen LogP contribution is 2.21. The molecule has 152 valence electrons. The first-order valence-electron chi connectivity index (χ1n) is 9.53. The van der Waals surface area contributed by atoms with Gasteiger partial charge in [-0.1, -0.05) is 36.7 Å². The molecule has 1 aromatic heterocycles. The Morgan fingerprint density at radius 3 is 2.25 bits per heavy atom. The van der Waals surface area contributed by atoms with Crippen LogP contribution >= 0.6 is 35.6 Å². The van der Waals surface area contributed by atoms with Crippen molar-refractivity contribution in [2.24, 2.45) is 10.9 Å². The van der Waals surface area contributed by atoms with Crippen LogP contribution in [0.3, 0.4) is 0 Å². The van der Waals surface area contributed by atoms with Gasteiger partial charge < -0.3 is 15.5 Å². The molecule has 1 fully saturated rings. The molecule has 1 saturated heterocycles. The summed E-state index contributed by atoms with van der Waals surface area (Å²) in [7, 11) is 1.77. The van der Waals surface area contributed by atoms with E-state index >= 15 is 0 Å². The van der Waals surface area contributed by atoms with Gasteiger partial charge in [-0.15, -0.1) is 24.0 Å². The van der Waals surface area contributed by atoms with Crippen LogP contribution < -0.4 is 15.5 Å². The first-order valence-corrected chi connectivity index (χ1v) is 9.90. The summed E-state index contributed by atoms with van der Waals surface area (Å²) in [5.41, 5.74) is 2.29. The predicted molar refractivity (Wildman–Crippen MR) is 129 cm³/mol. The second kappa shape index (κ2) is 11.5. The van der Waals surface area contributed by atoms with Gasteiger partial charge in [0.25, 0.3) is 0 Å². The number of aliphatic imine (C=N–C) groups is 1. The van der Waals surface area contributed by atoms with Crippen molar-refractivity contribution in [2.75, 3.05) is 25.0 Å². The Balaban J connectivity index is 0.00000280. The highest BCUT2D eigenvalue weighted by molar-refractivity contribution is 14.0. The van der Waals surface area contributed by atoms with Gasteiger partial charge in [-0.05, 0) is 48.1 Å². The van der Waals surface area contributed by atoms with Crippen molar-refractivity contribution >= 4 is 47.4 Å². The maximum absolute atomic E-state index is 5.92. The average molecular weight is 514 g/mol. The van der Waals surface area contributed by atoms with E-state index in [1.807, 2.05) is 30.5 Å². The number of rotatable bonds is 5. The van der Waals surface area contributed by atoms with Crippen molar-refractivity contribution in [3.8, 4) is 0 Å². The smallest absolute Gasteiger partial charge is 0.191 e. The van der Waals surface area contributed by atoms with E-state index in [1.54, 1.807) is 7.05 Å². The lowest BCUT2D eigenvalue weighted by Gasteiger charge is -2.31. The normalized spacial score (nSPS) is 15.1. The van der Waals surface area contributed by atoms with Crippen molar-refractivity contribution in [1.29, 1.82) is 0 Å². The van der Waals surface area contributed by atoms with Crippen LogP contribution in [0.25, 0.3) is 0 Å². The Morgan fingerprint density at radius 2 is 1.68 bits per heavy atom. The molecule has 0 bridgehead atoms. The topological polar surface area (TPSA) is 52.6 Å². The quantitative estimate of drug-likeness (QED) is 0.352. The highest BCUT2D eigenvalue weighted by atomic mass is 127. The number of nitrogens with one attached hydrogen (secondary N) is 2. The lowest BCUT2D eigenvalue weighted by Crippen LogP contribution is -2.36. The number of aromatic nitrogens is 1. The first-order chi connectivity index (χ1) is 13.1. The fourth-order valence-corrected chi connectivity index (χ4v) is 3.27. The number of piperidine rings is 1. The second-order valence-corrected chi connectivity index (χ2v) is 7.54. The molecule has 7 heteroatoms. The van der Waals surface area contributed by atoms with Crippen molar-refractivity contribution < 1.29 is 0 Å². The van der Waals surface area contributed by atoms with Crippen molar-refractivity contribution in [2.45, 2.75) is 32.9 Å². The lowest BCUT2D eigenvalue weighted by atomic mass is 9.99. The number of halogens is 2. The van der Waals surface area contributed by atoms with Gasteiger partial charge in [-0.2, -0.15) is 0 Å². The summed E-state index contributed by atoms with van der Waals surface area (Å²) in [5, 5.41) is 7.39. The van der Waals surface area contributed by atoms with Crippen LogP contribution in [-0.4, -0.2) is 31.1 Å². The van der Waals surface area contributed by atoms with Crippen LogP contribution in [-0.2, 0) is 13.1 Å². The number of hydrogen-bond acceptors (Lipinski definition) is 3. The van der Waals surface area contributed by atoms with Crippen LogP contribution in [0.2, 0.25) is 5.02 Å². The predicted octanol–water partition coefficient (Wildman–Crippen LogP) is 4.45. The van der Waals surface area contributed by atoms with Crippen molar-refractivity contribution in [3.63, 3.8) is 0 Å². The molecule has 0 spiro atoms. The SMILES string of the molecule is CN=C(NCc1ccc(Cl)cc1)NCc1ccc(N2CCC(C)CC2)nc1.I. The van der Waals surface area contributed by atoms with Gasteiger partial charge in [0.1, 0.15) is 5.82 Å². The molecule has 1 aliphatic rings. The number of nitrogens with zero attached hydrogens (tertiary/aromatic N) is 3. The number of hydrogen-bond donors (Lipinski definition) is 2. The van der Waals surface area contributed by atoms with Gasteiger partial charge in [-0.25, -0.2) is 4.98 Å². The van der Waals surface area contributed by atoms with E-state index in [2.05, 4.69) is 44.6 Å². The summed E-state index contributed by atoms with van der Waals surface area (Å²) < 4.78 is 0. The summed E-state index contributed by atoms with van der Waals surface area (Å²) >= 11 is 5.92. The van der Waals surface area contributed by atoms with Gasteiger partial charge in [0.15, 0.2) is 5.96 Å². The van der Waals surface area contributed by atoms with Gasteiger partial charge in [0.2, 0.25) is 0 Å². The number of benzene rings is 1. The Labute approximate surface area is 190 Å². The van der Waals surface area contributed by atoms with E-state index < -0.39 is 0 Å². The van der Waals surface area contributed by atoms with Crippen LogP contribution in [0.4, 0.5) is 5.82 Å². The zero-order valence-electron chi connectivity index (χ0n) is 16.5. The molecule has 1 aromatic carbocycles. The molecule has 0 radical (unpaired) electrons. The molecule has 2 aromatic rings. The minimum Gasteiger partial charge on any atom is -0.357 e. The lowest BCUT2D eigenvalue weighted by molar-refractivity contribution is 0.436. The van der Waals surface area contributed by atoms with E-state index in [9.17, 15) is 0 Å². The third kappa shape index (κ3) is 6.81. The average Bonchev–Trinajstić information content (AvgIpc) is 2.70. The third-order valence-corrected chi connectivity index (χ3v) is 5.23. The molecule has 5 nitrogen and oxygen atoms in total. The Morgan fingerprint density at radius 1 is 1.07 bits per heavy atom. The maximum atomic E-state index is 5.92. The Kier molecular flexibility index (Phi) is 9.31. The standard InChI is InChI=1S/C21H28ClN5.HI/c1-16-9-11-27(12-10-16)20-8-5-18(14-24-20)15-26-21(23-2)25-13-17-3-6-19(22)7-4-17;/h3-8,14,16H,9-13,15H2,1-2H3,(H2,23,25,26);1H. The molecule has 28 heavy (non-hydrogen) atoms. The van der Waals surface area contributed by atoms with E-state index in [-0.39, 0.29) is 24.0 Å².